The molecule has 4 aromatic rings. The number of halogens is 1. The number of hydrogen-bond acceptors (Lipinski definition) is 5. The first-order valence-corrected chi connectivity index (χ1v) is 10.1. The summed E-state index contributed by atoms with van der Waals surface area (Å²) in [7, 11) is 0. The first kappa shape index (κ1) is 18.6. The molecule has 2 heterocycles. The highest BCUT2D eigenvalue weighted by Gasteiger charge is 2.24. The number of aryl methyl sites for hydroxylation is 1. The van der Waals surface area contributed by atoms with E-state index in [1.165, 1.54) is 23.3 Å². The smallest absolute Gasteiger partial charge is 0.265 e. The largest absolute Gasteiger partial charge is 0.298 e. The van der Waals surface area contributed by atoms with Crippen molar-refractivity contribution in [2.75, 3.05) is 0 Å². The Hall–Kier alpha value is -2.77. The van der Waals surface area contributed by atoms with Crippen LogP contribution in [0, 0.1) is 6.92 Å². The standard InChI is InChI=1S/C21H15BrN4OS/c1-14-20(28-18-10-6-5-9-16(18)22)19(15-7-3-2-4-8-15)26(25-14)21(27)17-13-23-11-12-24-17/h2-13H,1H3. The minimum Gasteiger partial charge on any atom is -0.265 e. The molecule has 138 valence electrons. The summed E-state index contributed by atoms with van der Waals surface area (Å²) >= 11 is 5.18. The minimum atomic E-state index is -0.311. The van der Waals surface area contributed by atoms with E-state index in [0.717, 1.165) is 31.2 Å². The second-order valence-electron chi connectivity index (χ2n) is 5.97. The molecule has 0 spiro atoms. The van der Waals surface area contributed by atoms with Crippen molar-refractivity contribution >= 4 is 33.6 Å². The van der Waals surface area contributed by atoms with Crippen LogP contribution in [0.4, 0.5) is 0 Å². The van der Waals surface area contributed by atoms with Gasteiger partial charge in [-0.2, -0.15) is 9.78 Å². The normalized spacial score (nSPS) is 10.8. The van der Waals surface area contributed by atoms with Crippen molar-refractivity contribution in [3.8, 4) is 11.3 Å². The summed E-state index contributed by atoms with van der Waals surface area (Å²) in [5, 5.41) is 4.55. The SMILES string of the molecule is Cc1nn(C(=O)c2cnccn2)c(-c2ccccc2)c1Sc1ccccc1Br. The van der Waals surface area contributed by atoms with Gasteiger partial charge < -0.3 is 0 Å². The zero-order valence-electron chi connectivity index (χ0n) is 14.9. The maximum Gasteiger partial charge on any atom is 0.298 e. The Morgan fingerprint density at radius 2 is 1.79 bits per heavy atom. The van der Waals surface area contributed by atoms with Crippen molar-refractivity contribution in [2.24, 2.45) is 0 Å². The van der Waals surface area contributed by atoms with Crippen molar-refractivity contribution < 1.29 is 4.79 Å². The summed E-state index contributed by atoms with van der Waals surface area (Å²) in [6.07, 6.45) is 4.49. The fourth-order valence-electron chi connectivity index (χ4n) is 2.79. The van der Waals surface area contributed by atoms with Gasteiger partial charge in [0.2, 0.25) is 0 Å². The molecule has 0 unspecified atom stereocenters. The number of carbonyl (C=O) groups is 1. The summed E-state index contributed by atoms with van der Waals surface area (Å²) in [5.74, 6) is -0.311. The van der Waals surface area contributed by atoms with Gasteiger partial charge in [-0.3, -0.25) is 9.78 Å². The Morgan fingerprint density at radius 1 is 1.04 bits per heavy atom. The molecule has 0 radical (unpaired) electrons. The zero-order chi connectivity index (χ0) is 19.5. The van der Waals surface area contributed by atoms with Crippen molar-refractivity contribution in [1.82, 2.24) is 19.7 Å². The van der Waals surface area contributed by atoms with Crippen LogP contribution in [-0.2, 0) is 0 Å². The Kier molecular flexibility index (Phi) is 5.36. The molecular formula is C21H15BrN4OS. The molecule has 0 saturated heterocycles. The Bertz CT molecular complexity index is 1130. The highest BCUT2D eigenvalue weighted by molar-refractivity contribution is 9.10. The first-order valence-electron chi connectivity index (χ1n) is 8.53. The summed E-state index contributed by atoms with van der Waals surface area (Å²) < 4.78 is 2.42. The molecule has 0 aliphatic rings. The highest BCUT2D eigenvalue weighted by atomic mass is 79.9. The molecule has 2 aromatic heterocycles. The zero-order valence-corrected chi connectivity index (χ0v) is 17.3. The maximum atomic E-state index is 13.1. The molecule has 0 saturated carbocycles. The molecule has 0 atom stereocenters. The van der Waals surface area contributed by atoms with Crippen LogP contribution in [0.15, 0.2) is 87.5 Å². The van der Waals surface area contributed by atoms with E-state index in [1.807, 2.05) is 61.5 Å². The first-order chi connectivity index (χ1) is 13.6. The van der Waals surface area contributed by atoms with Crippen molar-refractivity contribution in [3.63, 3.8) is 0 Å². The fraction of sp³-hybridized carbons (Fsp3) is 0.0476. The molecule has 0 bridgehead atoms. The van der Waals surface area contributed by atoms with Crippen LogP contribution in [0.25, 0.3) is 11.3 Å². The van der Waals surface area contributed by atoms with Crippen molar-refractivity contribution in [2.45, 2.75) is 16.7 Å². The van der Waals surface area contributed by atoms with Gasteiger partial charge in [0.1, 0.15) is 5.69 Å². The van der Waals surface area contributed by atoms with Crippen LogP contribution in [0.3, 0.4) is 0 Å². The van der Waals surface area contributed by atoms with Crippen molar-refractivity contribution in [1.29, 1.82) is 0 Å². The van der Waals surface area contributed by atoms with Gasteiger partial charge >= 0.3 is 0 Å². The average molecular weight is 451 g/mol. The molecule has 0 amide bonds. The second kappa shape index (κ2) is 8.08. The van der Waals surface area contributed by atoms with E-state index in [4.69, 9.17) is 0 Å². The lowest BCUT2D eigenvalue weighted by Gasteiger charge is -2.09. The van der Waals surface area contributed by atoms with Gasteiger partial charge in [0.15, 0.2) is 0 Å². The third-order valence-corrected chi connectivity index (χ3v) is 6.30. The van der Waals surface area contributed by atoms with Gasteiger partial charge in [-0.25, -0.2) is 4.98 Å². The molecule has 0 fully saturated rings. The molecule has 0 aliphatic carbocycles. The number of hydrogen-bond donors (Lipinski definition) is 0. The number of aromatic nitrogens is 4. The number of rotatable bonds is 4. The van der Waals surface area contributed by atoms with E-state index in [2.05, 4.69) is 31.0 Å². The van der Waals surface area contributed by atoms with E-state index in [0.29, 0.717) is 0 Å². The van der Waals surface area contributed by atoms with Gasteiger partial charge in [0, 0.05) is 27.3 Å². The summed E-state index contributed by atoms with van der Waals surface area (Å²) in [6, 6.07) is 17.8. The molecule has 0 N–H and O–H groups in total. The predicted molar refractivity (Wildman–Crippen MR) is 112 cm³/mol. The fourth-order valence-corrected chi connectivity index (χ4v) is 4.34. The van der Waals surface area contributed by atoms with Crippen LogP contribution in [0.5, 0.6) is 0 Å². The summed E-state index contributed by atoms with van der Waals surface area (Å²) in [5.41, 5.74) is 2.68. The van der Waals surface area contributed by atoms with Crippen LogP contribution >= 0.6 is 27.7 Å². The van der Waals surface area contributed by atoms with E-state index in [-0.39, 0.29) is 11.6 Å². The van der Waals surface area contributed by atoms with Crippen LogP contribution in [-0.4, -0.2) is 25.7 Å². The Labute approximate surface area is 175 Å². The molecule has 4 rings (SSSR count). The van der Waals surface area contributed by atoms with E-state index < -0.39 is 0 Å². The molecule has 0 aliphatic heterocycles. The number of nitrogens with zero attached hydrogens (tertiary/aromatic N) is 4. The third-order valence-electron chi connectivity index (χ3n) is 4.08. The lowest BCUT2D eigenvalue weighted by molar-refractivity contribution is 0.0941. The van der Waals surface area contributed by atoms with Crippen LogP contribution in [0.1, 0.15) is 16.2 Å². The van der Waals surface area contributed by atoms with E-state index >= 15 is 0 Å². The predicted octanol–water partition coefficient (Wildman–Crippen LogP) is 5.25. The van der Waals surface area contributed by atoms with E-state index in [9.17, 15) is 4.79 Å². The van der Waals surface area contributed by atoms with Crippen molar-refractivity contribution in [3.05, 3.63) is 89.0 Å². The number of benzene rings is 2. The van der Waals surface area contributed by atoms with Gasteiger partial charge in [0.05, 0.1) is 22.5 Å². The monoisotopic (exact) mass is 450 g/mol. The molecule has 7 heteroatoms. The molecule has 28 heavy (non-hydrogen) atoms. The Balaban J connectivity index is 1.88. The van der Waals surface area contributed by atoms with E-state index in [1.54, 1.807) is 11.8 Å². The maximum absolute atomic E-state index is 13.1. The molecular weight excluding hydrogens is 436 g/mol. The molecule has 2 aromatic carbocycles. The van der Waals surface area contributed by atoms with Gasteiger partial charge in [0.25, 0.3) is 5.91 Å². The quantitative estimate of drug-likeness (QED) is 0.424. The lowest BCUT2D eigenvalue weighted by atomic mass is 10.1. The molecule has 5 nitrogen and oxygen atoms in total. The topological polar surface area (TPSA) is 60.7 Å². The van der Waals surface area contributed by atoms with Crippen LogP contribution < -0.4 is 0 Å². The summed E-state index contributed by atoms with van der Waals surface area (Å²) in [6.45, 7) is 1.91. The minimum absolute atomic E-state index is 0.250. The average Bonchev–Trinajstić information content (AvgIpc) is 3.06. The van der Waals surface area contributed by atoms with Gasteiger partial charge in [-0.1, -0.05) is 54.2 Å². The van der Waals surface area contributed by atoms with Gasteiger partial charge in [-0.15, -0.1) is 0 Å². The summed E-state index contributed by atoms with van der Waals surface area (Å²) in [4.78, 5) is 23.2. The van der Waals surface area contributed by atoms with Crippen LogP contribution in [0.2, 0.25) is 0 Å². The van der Waals surface area contributed by atoms with Gasteiger partial charge in [-0.05, 0) is 35.0 Å². The number of carbonyl (C=O) groups excluding carboxylic acids is 1. The second-order valence-corrected chi connectivity index (χ2v) is 7.88. The Morgan fingerprint density at radius 3 is 2.50 bits per heavy atom. The highest BCUT2D eigenvalue weighted by Crippen LogP contribution is 2.41. The lowest BCUT2D eigenvalue weighted by Crippen LogP contribution is -2.16. The third kappa shape index (κ3) is 3.63.